The van der Waals surface area contributed by atoms with Crippen molar-refractivity contribution in [3.8, 4) is 0 Å². The summed E-state index contributed by atoms with van der Waals surface area (Å²) in [5.74, 6) is -1.06. The highest BCUT2D eigenvalue weighted by Crippen LogP contribution is 2.41. The molecule has 4 atom stereocenters. The maximum atomic E-state index is 11.9. The van der Waals surface area contributed by atoms with Crippen molar-refractivity contribution < 1.29 is 19.4 Å². The van der Waals surface area contributed by atoms with Gasteiger partial charge < -0.3 is 19.9 Å². The first-order chi connectivity index (χ1) is 8.19. The Morgan fingerprint density at radius 1 is 1.44 bits per heavy atom. The Labute approximate surface area is 108 Å². The van der Waals surface area contributed by atoms with Gasteiger partial charge in [-0.15, -0.1) is 0 Å². The highest BCUT2D eigenvalue weighted by Gasteiger charge is 2.61. The first-order valence-corrected chi connectivity index (χ1v) is 6.51. The van der Waals surface area contributed by atoms with Crippen molar-refractivity contribution in [1.82, 2.24) is 5.32 Å². The van der Waals surface area contributed by atoms with Crippen molar-refractivity contribution in [2.45, 2.75) is 58.2 Å². The summed E-state index contributed by atoms with van der Waals surface area (Å²) in [4.78, 5) is 11.9. The van der Waals surface area contributed by atoms with Gasteiger partial charge >= 0.3 is 0 Å². The zero-order chi connectivity index (χ0) is 13.7. The molecule has 2 saturated heterocycles. The van der Waals surface area contributed by atoms with E-state index in [1.165, 1.54) is 0 Å². The molecule has 18 heavy (non-hydrogen) atoms. The predicted octanol–water partition coefficient (Wildman–Crippen LogP) is 0.659. The quantitative estimate of drug-likeness (QED) is 0.762. The molecule has 0 unspecified atom stereocenters. The molecular weight excluding hydrogens is 234 g/mol. The molecule has 5 nitrogen and oxygen atoms in total. The number of hydrogen-bond donors (Lipinski definition) is 2. The number of ether oxygens (including phenoxy) is 2. The van der Waals surface area contributed by atoms with Crippen LogP contribution >= 0.6 is 0 Å². The van der Waals surface area contributed by atoms with E-state index in [9.17, 15) is 9.90 Å². The van der Waals surface area contributed by atoms with Gasteiger partial charge in [0.25, 0.3) is 0 Å². The lowest BCUT2D eigenvalue weighted by Gasteiger charge is -2.49. The molecule has 0 saturated carbocycles. The van der Waals surface area contributed by atoms with Crippen molar-refractivity contribution in [1.29, 1.82) is 0 Å². The normalized spacial score (nSPS) is 40.5. The number of carbonyl (C=O) groups excluding carboxylic acids is 1. The lowest BCUT2D eigenvalue weighted by Crippen LogP contribution is -2.68. The van der Waals surface area contributed by atoms with Crippen LogP contribution in [0.5, 0.6) is 0 Å². The van der Waals surface area contributed by atoms with Crippen LogP contribution < -0.4 is 5.32 Å². The maximum absolute atomic E-state index is 11.9. The molecule has 104 valence electrons. The van der Waals surface area contributed by atoms with Crippen LogP contribution in [-0.2, 0) is 14.3 Å². The molecule has 5 heteroatoms. The van der Waals surface area contributed by atoms with E-state index in [2.05, 4.69) is 5.32 Å². The van der Waals surface area contributed by atoms with Crippen LogP contribution in [0.15, 0.2) is 0 Å². The molecule has 2 N–H and O–H groups in total. The van der Waals surface area contributed by atoms with E-state index in [0.29, 0.717) is 0 Å². The van der Waals surface area contributed by atoms with Crippen LogP contribution in [0.25, 0.3) is 0 Å². The van der Waals surface area contributed by atoms with Crippen LogP contribution in [-0.4, -0.2) is 41.2 Å². The minimum absolute atomic E-state index is 0.0199. The fourth-order valence-electron chi connectivity index (χ4n) is 2.88. The van der Waals surface area contributed by atoms with Gasteiger partial charge in [0.15, 0.2) is 5.79 Å². The Balaban J connectivity index is 2.35. The SMILES string of the molecule is CC(C)[C@H](O)[C@]12COC(C)(C)O[C@H]1[C@@H](C)C(=O)N2. The second kappa shape index (κ2) is 4.18. The minimum atomic E-state index is -0.819. The van der Waals surface area contributed by atoms with E-state index >= 15 is 0 Å². The average Bonchev–Trinajstić information content (AvgIpc) is 2.51. The molecule has 2 aliphatic rings. The van der Waals surface area contributed by atoms with Crippen LogP contribution in [0, 0.1) is 11.8 Å². The topological polar surface area (TPSA) is 67.8 Å². The summed E-state index contributed by atoms with van der Waals surface area (Å²) in [6, 6.07) is 0. The van der Waals surface area contributed by atoms with Crippen molar-refractivity contribution in [3.05, 3.63) is 0 Å². The van der Waals surface area contributed by atoms with Gasteiger partial charge in [-0.3, -0.25) is 4.79 Å². The maximum Gasteiger partial charge on any atom is 0.226 e. The Bertz CT molecular complexity index is 355. The van der Waals surface area contributed by atoms with Gasteiger partial charge in [-0.25, -0.2) is 0 Å². The van der Waals surface area contributed by atoms with E-state index in [1.807, 2.05) is 34.6 Å². The summed E-state index contributed by atoms with van der Waals surface area (Å²) in [5.41, 5.74) is -0.819. The van der Waals surface area contributed by atoms with E-state index in [-0.39, 0.29) is 30.5 Å². The van der Waals surface area contributed by atoms with Gasteiger partial charge in [-0.1, -0.05) is 20.8 Å². The summed E-state index contributed by atoms with van der Waals surface area (Å²) < 4.78 is 11.5. The first-order valence-electron chi connectivity index (χ1n) is 6.51. The summed E-state index contributed by atoms with van der Waals surface area (Å²) in [6.45, 7) is 9.61. The van der Waals surface area contributed by atoms with Crippen LogP contribution in [0.4, 0.5) is 0 Å². The summed E-state index contributed by atoms with van der Waals surface area (Å²) in [6.07, 6.45) is -1.04. The lowest BCUT2D eigenvalue weighted by molar-refractivity contribution is -0.312. The third kappa shape index (κ3) is 1.94. The molecule has 2 heterocycles. The molecular formula is C13H23NO4. The molecule has 1 amide bonds. The summed E-state index contributed by atoms with van der Waals surface area (Å²) in [7, 11) is 0. The third-order valence-corrected chi connectivity index (χ3v) is 3.96. The number of fused-ring (bicyclic) bond motifs is 1. The molecule has 0 aliphatic carbocycles. The number of hydrogen-bond acceptors (Lipinski definition) is 4. The first kappa shape index (κ1) is 13.8. The minimum Gasteiger partial charge on any atom is -0.390 e. The second-order valence-corrected chi connectivity index (χ2v) is 6.23. The molecule has 2 fully saturated rings. The van der Waals surface area contributed by atoms with E-state index in [1.54, 1.807) is 0 Å². The highest BCUT2D eigenvalue weighted by molar-refractivity contribution is 5.83. The van der Waals surface area contributed by atoms with Crippen molar-refractivity contribution in [2.75, 3.05) is 6.61 Å². The Morgan fingerprint density at radius 3 is 2.61 bits per heavy atom. The highest BCUT2D eigenvalue weighted by atomic mass is 16.7. The Morgan fingerprint density at radius 2 is 2.06 bits per heavy atom. The molecule has 0 bridgehead atoms. The van der Waals surface area contributed by atoms with Crippen molar-refractivity contribution in [3.63, 3.8) is 0 Å². The van der Waals surface area contributed by atoms with Gasteiger partial charge in [0, 0.05) is 0 Å². The van der Waals surface area contributed by atoms with Crippen LogP contribution in [0.3, 0.4) is 0 Å². The number of nitrogens with one attached hydrogen (secondary N) is 1. The molecule has 0 aromatic carbocycles. The van der Waals surface area contributed by atoms with E-state index in [4.69, 9.17) is 9.47 Å². The van der Waals surface area contributed by atoms with Gasteiger partial charge in [0.05, 0.1) is 18.6 Å². The van der Waals surface area contributed by atoms with E-state index in [0.717, 1.165) is 0 Å². The van der Waals surface area contributed by atoms with Gasteiger partial charge in [-0.05, 0) is 19.8 Å². The number of amides is 1. The fourth-order valence-corrected chi connectivity index (χ4v) is 2.88. The fraction of sp³-hybridized carbons (Fsp3) is 0.923. The number of rotatable bonds is 2. The lowest BCUT2D eigenvalue weighted by atomic mass is 9.79. The summed E-state index contributed by atoms with van der Waals surface area (Å²) in [5, 5.41) is 13.3. The van der Waals surface area contributed by atoms with Gasteiger partial charge in [0.1, 0.15) is 11.6 Å². The Kier molecular flexibility index (Phi) is 3.20. The number of aliphatic hydroxyl groups excluding tert-OH is 1. The summed E-state index contributed by atoms with van der Waals surface area (Å²) >= 11 is 0. The third-order valence-electron chi connectivity index (χ3n) is 3.96. The predicted molar refractivity (Wildman–Crippen MR) is 65.8 cm³/mol. The monoisotopic (exact) mass is 257 g/mol. The molecule has 2 rings (SSSR count). The number of carbonyl (C=O) groups is 1. The molecule has 0 spiro atoms. The van der Waals surface area contributed by atoms with Crippen molar-refractivity contribution in [2.24, 2.45) is 11.8 Å². The van der Waals surface area contributed by atoms with Crippen LogP contribution in [0.1, 0.15) is 34.6 Å². The van der Waals surface area contributed by atoms with Gasteiger partial charge in [0.2, 0.25) is 5.91 Å². The van der Waals surface area contributed by atoms with Crippen LogP contribution in [0.2, 0.25) is 0 Å². The smallest absolute Gasteiger partial charge is 0.226 e. The largest absolute Gasteiger partial charge is 0.390 e. The molecule has 2 aliphatic heterocycles. The zero-order valence-electron chi connectivity index (χ0n) is 11.7. The van der Waals surface area contributed by atoms with E-state index < -0.39 is 17.4 Å². The zero-order valence-corrected chi connectivity index (χ0v) is 11.7. The molecule has 0 aromatic heterocycles. The van der Waals surface area contributed by atoms with Crippen molar-refractivity contribution >= 4 is 5.91 Å². The molecule has 0 radical (unpaired) electrons. The molecule has 0 aromatic rings. The Hall–Kier alpha value is -0.650. The average molecular weight is 257 g/mol. The second-order valence-electron chi connectivity index (χ2n) is 6.23. The number of aliphatic hydroxyl groups is 1. The van der Waals surface area contributed by atoms with Gasteiger partial charge in [-0.2, -0.15) is 0 Å². The standard InChI is InChI=1S/C13H23NO4/c1-7(2)9(15)13-6-17-12(4,5)18-10(13)8(3)11(16)14-13/h7-10,15H,6H2,1-5H3,(H,14,16)/t8-,9+,10+,13-/m1/s1.